The Morgan fingerprint density at radius 1 is 1.50 bits per heavy atom. The van der Waals surface area contributed by atoms with Gasteiger partial charge in [0, 0.05) is 6.42 Å². The van der Waals surface area contributed by atoms with Gasteiger partial charge in [0.2, 0.25) is 0 Å². The molecule has 1 saturated carbocycles. The fourth-order valence-electron chi connectivity index (χ4n) is 1.81. The first-order valence-electron chi connectivity index (χ1n) is 6.09. The molecule has 1 aromatic rings. The predicted octanol–water partition coefficient (Wildman–Crippen LogP) is 2.99. The van der Waals surface area contributed by atoms with E-state index in [0.29, 0.717) is 10.6 Å². The van der Waals surface area contributed by atoms with E-state index in [1.807, 2.05) is 0 Å². The van der Waals surface area contributed by atoms with E-state index in [0.717, 1.165) is 11.3 Å². The summed E-state index contributed by atoms with van der Waals surface area (Å²) in [6.07, 6.45) is -1.07. The highest BCUT2D eigenvalue weighted by molar-refractivity contribution is 7.16. The Bertz CT molecular complexity index is 553. The Kier molecular flexibility index (Phi) is 3.29. The second-order valence-electron chi connectivity index (χ2n) is 5.91. The molecule has 1 aliphatic rings. The first-order valence-corrected chi connectivity index (χ1v) is 6.91. The van der Waals surface area contributed by atoms with Gasteiger partial charge in [0.05, 0.1) is 10.6 Å². The van der Waals surface area contributed by atoms with Gasteiger partial charge in [-0.2, -0.15) is 0 Å². The van der Waals surface area contributed by atoms with Crippen LogP contribution in [0.5, 0.6) is 0 Å². The molecule has 1 heterocycles. The maximum Gasteiger partial charge on any atom is 0.413 e. The molecule has 1 fully saturated rings. The van der Waals surface area contributed by atoms with Crippen molar-refractivity contribution in [3.63, 3.8) is 0 Å². The van der Waals surface area contributed by atoms with Crippen molar-refractivity contribution in [1.29, 1.82) is 0 Å². The summed E-state index contributed by atoms with van der Waals surface area (Å²) in [5.41, 5.74) is 3.78. The van der Waals surface area contributed by atoms with E-state index in [9.17, 15) is 13.6 Å². The molecule has 3 N–H and O–H groups in total. The van der Waals surface area contributed by atoms with Gasteiger partial charge in [-0.05, 0) is 27.7 Å². The van der Waals surface area contributed by atoms with Crippen molar-refractivity contribution in [2.45, 2.75) is 51.2 Å². The maximum atomic E-state index is 13.3. The highest BCUT2D eigenvalue weighted by Crippen LogP contribution is 2.59. The molecule has 1 amide bonds. The first kappa shape index (κ1) is 15.1. The molecule has 112 valence electrons. The van der Waals surface area contributed by atoms with Gasteiger partial charge in [-0.1, -0.05) is 11.3 Å². The van der Waals surface area contributed by atoms with Gasteiger partial charge in [0.15, 0.2) is 5.13 Å². The molecule has 1 unspecified atom stereocenters. The molecule has 2 rings (SSSR count). The molecule has 1 aliphatic carbocycles. The standard InChI is InChI=1S/C12H17F2N3O2S/c1-6-7(11(15)5-12(11,13)14)20-8(16-6)17-9(18)19-10(2,3)4/h5,15H2,1-4H3,(H,16,17,18). The summed E-state index contributed by atoms with van der Waals surface area (Å²) in [4.78, 5) is 15.9. The van der Waals surface area contributed by atoms with Crippen LogP contribution >= 0.6 is 11.3 Å². The third-order valence-electron chi connectivity index (χ3n) is 2.84. The lowest BCUT2D eigenvalue weighted by atomic mass is 10.2. The van der Waals surface area contributed by atoms with Gasteiger partial charge in [-0.15, -0.1) is 0 Å². The fraction of sp³-hybridized carbons (Fsp3) is 0.667. The van der Waals surface area contributed by atoms with Crippen LogP contribution in [0.3, 0.4) is 0 Å². The predicted molar refractivity (Wildman–Crippen MR) is 72.1 cm³/mol. The molecule has 0 saturated heterocycles. The van der Waals surface area contributed by atoms with Crippen LogP contribution in [0.25, 0.3) is 0 Å². The Balaban J connectivity index is 2.11. The van der Waals surface area contributed by atoms with Crippen LogP contribution in [0.2, 0.25) is 0 Å². The Labute approximate surface area is 119 Å². The summed E-state index contributed by atoms with van der Waals surface area (Å²) in [5.74, 6) is -2.91. The SMILES string of the molecule is Cc1nc(NC(=O)OC(C)(C)C)sc1C1(N)CC1(F)F. The Morgan fingerprint density at radius 3 is 2.50 bits per heavy atom. The lowest BCUT2D eigenvalue weighted by Crippen LogP contribution is -2.27. The van der Waals surface area contributed by atoms with E-state index in [1.54, 1.807) is 27.7 Å². The van der Waals surface area contributed by atoms with Gasteiger partial charge in [-0.25, -0.2) is 18.6 Å². The average molecular weight is 305 g/mol. The largest absolute Gasteiger partial charge is 0.444 e. The summed E-state index contributed by atoms with van der Waals surface area (Å²) in [5, 5.41) is 2.64. The van der Waals surface area contributed by atoms with Crippen molar-refractivity contribution in [2.24, 2.45) is 5.73 Å². The number of halogens is 2. The van der Waals surface area contributed by atoms with Crippen molar-refractivity contribution in [1.82, 2.24) is 4.98 Å². The summed E-state index contributed by atoms with van der Waals surface area (Å²) in [6, 6.07) is 0. The lowest BCUT2D eigenvalue weighted by Gasteiger charge is -2.18. The molecule has 0 bridgehead atoms. The summed E-state index contributed by atoms with van der Waals surface area (Å²) in [6.45, 7) is 6.77. The summed E-state index contributed by atoms with van der Waals surface area (Å²) in [7, 11) is 0. The van der Waals surface area contributed by atoms with Gasteiger partial charge < -0.3 is 10.5 Å². The summed E-state index contributed by atoms with van der Waals surface area (Å²) < 4.78 is 31.6. The lowest BCUT2D eigenvalue weighted by molar-refractivity contribution is 0.0635. The second kappa shape index (κ2) is 4.36. The van der Waals surface area contributed by atoms with Crippen LogP contribution in [0.15, 0.2) is 0 Å². The third kappa shape index (κ3) is 2.76. The molecule has 0 aliphatic heterocycles. The molecule has 8 heteroatoms. The van der Waals surface area contributed by atoms with Gasteiger partial charge in [0.25, 0.3) is 5.92 Å². The van der Waals surface area contributed by atoms with E-state index in [4.69, 9.17) is 10.5 Å². The number of ether oxygens (including phenoxy) is 1. The van der Waals surface area contributed by atoms with Crippen LogP contribution in [-0.4, -0.2) is 22.6 Å². The maximum absolute atomic E-state index is 13.3. The second-order valence-corrected chi connectivity index (χ2v) is 6.91. The average Bonchev–Trinajstić information content (AvgIpc) is 2.56. The number of hydrogen-bond donors (Lipinski definition) is 2. The highest BCUT2D eigenvalue weighted by atomic mass is 32.1. The molecular formula is C12H17F2N3O2S. The van der Waals surface area contributed by atoms with Crippen molar-refractivity contribution < 1.29 is 18.3 Å². The molecule has 0 radical (unpaired) electrons. The number of hydrogen-bond acceptors (Lipinski definition) is 5. The van der Waals surface area contributed by atoms with Crippen molar-refractivity contribution in [2.75, 3.05) is 5.32 Å². The van der Waals surface area contributed by atoms with Gasteiger partial charge in [-0.3, -0.25) is 5.32 Å². The molecule has 5 nitrogen and oxygen atoms in total. The number of thiazole rings is 1. The molecule has 20 heavy (non-hydrogen) atoms. The zero-order valence-electron chi connectivity index (χ0n) is 11.7. The topological polar surface area (TPSA) is 77.2 Å². The van der Waals surface area contributed by atoms with Crippen LogP contribution in [0, 0.1) is 6.92 Å². The third-order valence-corrected chi connectivity index (χ3v) is 4.09. The molecule has 0 spiro atoms. The number of amides is 1. The van der Waals surface area contributed by atoms with E-state index in [1.165, 1.54) is 0 Å². The summed E-state index contributed by atoms with van der Waals surface area (Å²) >= 11 is 0.958. The number of carbonyl (C=O) groups is 1. The van der Waals surface area contributed by atoms with Crippen molar-refractivity contribution in [3.8, 4) is 0 Å². The van der Waals surface area contributed by atoms with E-state index < -0.39 is 29.6 Å². The number of aromatic nitrogens is 1. The number of rotatable bonds is 2. The van der Waals surface area contributed by atoms with Crippen molar-refractivity contribution >= 4 is 22.6 Å². The smallest absolute Gasteiger partial charge is 0.413 e. The Hall–Kier alpha value is -1.28. The molecule has 1 aromatic heterocycles. The number of alkyl halides is 2. The number of nitrogens with zero attached hydrogens (tertiary/aromatic N) is 1. The minimum atomic E-state index is -2.91. The quantitative estimate of drug-likeness (QED) is 0.880. The van der Waals surface area contributed by atoms with Crippen LogP contribution in [-0.2, 0) is 10.3 Å². The molecule has 0 aromatic carbocycles. The highest BCUT2D eigenvalue weighted by Gasteiger charge is 2.71. The number of aryl methyl sites for hydroxylation is 1. The minimum absolute atomic E-state index is 0.208. The monoisotopic (exact) mass is 305 g/mol. The van der Waals surface area contributed by atoms with Crippen LogP contribution in [0.1, 0.15) is 37.8 Å². The van der Waals surface area contributed by atoms with E-state index in [-0.39, 0.29) is 5.13 Å². The van der Waals surface area contributed by atoms with E-state index in [2.05, 4.69) is 10.3 Å². The van der Waals surface area contributed by atoms with Crippen LogP contribution < -0.4 is 11.1 Å². The number of nitrogens with one attached hydrogen (secondary N) is 1. The van der Waals surface area contributed by atoms with Gasteiger partial charge in [0.1, 0.15) is 11.1 Å². The zero-order valence-corrected chi connectivity index (χ0v) is 12.5. The Morgan fingerprint density at radius 2 is 2.05 bits per heavy atom. The molecular weight excluding hydrogens is 288 g/mol. The number of anilines is 1. The van der Waals surface area contributed by atoms with Crippen molar-refractivity contribution in [3.05, 3.63) is 10.6 Å². The first-order chi connectivity index (χ1) is 8.95. The minimum Gasteiger partial charge on any atom is -0.444 e. The van der Waals surface area contributed by atoms with Gasteiger partial charge >= 0.3 is 6.09 Å². The molecule has 1 atom stereocenters. The fourth-order valence-corrected chi connectivity index (χ4v) is 2.91. The van der Waals surface area contributed by atoms with Crippen LogP contribution in [0.4, 0.5) is 18.7 Å². The van der Waals surface area contributed by atoms with E-state index >= 15 is 0 Å². The number of nitrogens with two attached hydrogens (primary N) is 1. The normalized spacial score (nSPS) is 24.4. The zero-order chi connectivity index (χ0) is 15.3. The number of carbonyl (C=O) groups excluding carboxylic acids is 1.